The Morgan fingerprint density at radius 3 is 1.00 bits per heavy atom. The number of hydrogen-bond acceptors (Lipinski definition) is 4. The Balaban J connectivity index is 5.67. The monoisotopic (exact) mass is 277 g/mol. The zero-order valence-electron chi connectivity index (χ0n) is 13.8. The van der Waals surface area contributed by atoms with Crippen LogP contribution in [0.3, 0.4) is 0 Å². The van der Waals surface area contributed by atoms with Gasteiger partial charge in [0.1, 0.15) is 0 Å². The van der Waals surface area contributed by atoms with Crippen molar-refractivity contribution in [3.63, 3.8) is 0 Å². The molecule has 4 nitrogen and oxygen atoms in total. The van der Waals surface area contributed by atoms with E-state index in [9.17, 15) is 0 Å². The SMILES string of the molecule is CCN(C)[P+](N(C)CC)(N(C)CC)N(CC)CC. The summed E-state index contributed by atoms with van der Waals surface area (Å²) in [5.41, 5.74) is 0. The average Bonchev–Trinajstić information content (AvgIpc) is 2.41. The van der Waals surface area contributed by atoms with Gasteiger partial charge < -0.3 is 0 Å². The van der Waals surface area contributed by atoms with E-state index in [1.807, 2.05) is 0 Å². The van der Waals surface area contributed by atoms with E-state index >= 15 is 0 Å². The van der Waals surface area contributed by atoms with Gasteiger partial charge >= 0.3 is 7.87 Å². The minimum atomic E-state index is -1.55. The first-order valence-corrected chi connectivity index (χ1v) is 8.86. The lowest BCUT2D eigenvalue weighted by Crippen LogP contribution is -2.49. The molecule has 18 heavy (non-hydrogen) atoms. The first-order valence-electron chi connectivity index (χ1n) is 7.26. The third kappa shape index (κ3) is 3.23. The van der Waals surface area contributed by atoms with Crippen molar-refractivity contribution in [3.05, 3.63) is 0 Å². The molecule has 0 saturated heterocycles. The van der Waals surface area contributed by atoms with E-state index in [0.717, 1.165) is 32.7 Å². The van der Waals surface area contributed by atoms with Crippen LogP contribution in [0.2, 0.25) is 0 Å². The van der Waals surface area contributed by atoms with Gasteiger partial charge in [-0.05, 0) is 34.6 Å². The molecule has 5 heteroatoms. The van der Waals surface area contributed by atoms with Crippen LogP contribution in [0, 0.1) is 0 Å². The molecule has 0 aromatic heterocycles. The van der Waals surface area contributed by atoms with Crippen molar-refractivity contribution >= 4 is 7.87 Å². The van der Waals surface area contributed by atoms with Gasteiger partial charge in [0.25, 0.3) is 0 Å². The van der Waals surface area contributed by atoms with Crippen LogP contribution in [0.4, 0.5) is 0 Å². The highest BCUT2D eigenvalue weighted by Gasteiger charge is 2.55. The molecule has 0 rings (SSSR count). The highest BCUT2D eigenvalue weighted by atomic mass is 31.2. The average molecular weight is 277 g/mol. The Labute approximate surface area is 115 Å². The van der Waals surface area contributed by atoms with Crippen LogP contribution < -0.4 is 0 Å². The lowest BCUT2D eigenvalue weighted by molar-refractivity contribution is 0.302. The topological polar surface area (TPSA) is 13.0 Å². The minimum Gasteiger partial charge on any atom is -0.136 e. The molecule has 0 aliphatic rings. The molecule has 0 bridgehead atoms. The number of rotatable bonds is 9. The lowest BCUT2D eigenvalue weighted by atomic mass is 10.7. The van der Waals surface area contributed by atoms with E-state index in [1.54, 1.807) is 0 Å². The predicted molar refractivity (Wildman–Crippen MR) is 84.8 cm³/mol. The molecule has 0 fully saturated rings. The van der Waals surface area contributed by atoms with Gasteiger partial charge in [-0.3, -0.25) is 0 Å². The smallest absolute Gasteiger partial charge is 0.136 e. The molecule has 0 aliphatic heterocycles. The molecule has 0 atom stereocenters. The van der Waals surface area contributed by atoms with Crippen LogP contribution in [-0.2, 0) is 0 Å². The lowest BCUT2D eigenvalue weighted by Gasteiger charge is -2.47. The van der Waals surface area contributed by atoms with E-state index in [1.165, 1.54) is 0 Å². The summed E-state index contributed by atoms with van der Waals surface area (Å²) < 4.78 is 10.3. The van der Waals surface area contributed by atoms with Crippen molar-refractivity contribution in [1.82, 2.24) is 18.7 Å². The molecule has 110 valence electrons. The second-order valence-corrected chi connectivity index (χ2v) is 8.28. The van der Waals surface area contributed by atoms with Gasteiger partial charge in [0.15, 0.2) is 0 Å². The van der Waals surface area contributed by atoms with Crippen molar-refractivity contribution in [2.45, 2.75) is 34.6 Å². The van der Waals surface area contributed by atoms with Gasteiger partial charge in [0.2, 0.25) is 0 Å². The molecule has 0 heterocycles. The first kappa shape index (κ1) is 18.3. The van der Waals surface area contributed by atoms with Gasteiger partial charge in [-0.15, -0.1) is 18.7 Å². The molecule has 0 aromatic carbocycles. The molecular formula is C13H34N4P+. The summed E-state index contributed by atoms with van der Waals surface area (Å²) in [6.45, 7) is 16.8. The first-order chi connectivity index (χ1) is 8.46. The highest BCUT2D eigenvalue weighted by molar-refractivity contribution is 7.66. The van der Waals surface area contributed by atoms with E-state index in [2.05, 4.69) is 74.4 Å². The maximum Gasteiger partial charge on any atom is 0.307 e. The summed E-state index contributed by atoms with van der Waals surface area (Å²) in [6.07, 6.45) is 0. The third-order valence-corrected chi connectivity index (χ3v) is 8.78. The van der Waals surface area contributed by atoms with Crippen molar-refractivity contribution in [2.75, 3.05) is 53.9 Å². The second-order valence-electron chi connectivity index (χ2n) is 4.60. The summed E-state index contributed by atoms with van der Waals surface area (Å²) >= 11 is 0. The molecule has 0 saturated carbocycles. The predicted octanol–water partition coefficient (Wildman–Crippen LogP) is 2.86. The Hall–Kier alpha value is 0.270. The summed E-state index contributed by atoms with van der Waals surface area (Å²) in [5.74, 6) is 0. The van der Waals surface area contributed by atoms with Gasteiger partial charge in [-0.1, -0.05) is 0 Å². The van der Waals surface area contributed by atoms with Gasteiger partial charge in [-0.25, -0.2) is 0 Å². The van der Waals surface area contributed by atoms with E-state index in [-0.39, 0.29) is 0 Å². The maximum absolute atomic E-state index is 2.64. The Morgan fingerprint density at radius 2 is 0.833 bits per heavy atom. The summed E-state index contributed by atoms with van der Waals surface area (Å²) in [4.78, 5) is 0. The minimum absolute atomic E-state index is 1.08. The molecule has 0 aliphatic carbocycles. The Morgan fingerprint density at radius 1 is 0.556 bits per heavy atom. The van der Waals surface area contributed by atoms with E-state index in [0.29, 0.717) is 0 Å². The molecule has 0 amide bonds. The Bertz CT molecular complexity index is 195. The summed E-state index contributed by atoms with van der Waals surface area (Å²) in [5, 5.41) is 0. The largest absolute Gasteiger partial charge is 0.307 e. The fourth-order valence-corrected chi connectivity index (χ4v) is 7.36. The summed E-state index contributed by atoms with van der Waals surface area (Å²) in [6, 6.07) is 0. The molecule has 0 radical (unpaired) electrons. The normalized spacial score (nSPS) is 13.3. The van der Waals surface area contributed by atoms with Crippen molar-refractivity contribution in [1.29, 1.82) is 0 Å². The molecule has 0 N–H and O–H groups in total. The fourth-order valence-electron chi connectivity index (χ4n) is 2.60. The Kier molecular flexibility index (Phi) is 8.57. The van der Waals surface area contributed by atoms with Gasteiger partial charge in [-0.2, -0.15) is 0 Å². The molecule has 0 aromatic rings. The zero-order valence-corrected chi connectivity index (χ0v) is 14.7. The van der Waals surface area contributed by atoms with E-state index < -0.39 is 7.87 Å². The van der Waals surface area contributed by atoms with Crippen molar-refractivity contribution < 1.29 is 0 Å². The zero-order chi connectivity index (χ0) is 14.3. The fraction of sp³-hybridized carbons (Fsp3) is 1.00. The highest BCUT2D eigenvalue weighted by Crippen LogP contribution is 2.67. The van der Waals surface area contributed by atoms with Gasteiger partial charge in [0.05, 0.1) is 0 Å². The van der Waals surface area contributed by atoms with E-state index in [4.69, 9.17) is 0 Å². The maximum atomic E-state index is 2.64. The van der Waals surface area contributed by atoms with Crippen LogP contribution in [0.5, 0.6) is 0 Å². The molecule has 0 spiro atoms. The molecule has 0 unspecified atom stereocenters. The van der Waals surface area contributed by atoms with Crippen LogP contribution in [0.1, 0.15) is 34.6 Å². The second kappa shape index (κ2) is 8.44. The van der Waals surface area contributed by atoms with Crippen molar-refractivity contribution in [3.8, 4) is 0 Å². The van der Waals surface area contributed by atoms with Crippen LogP contribution in [0.25, 0.3) is 0 Å². The van der Waals surface area contributed by atoms with Crippen LogP contribution in [0.15, 0.2) is 0 Å². The summed E-state index contributed by atoms with van der Waals surface area (Å²) in [7, 11) is 5.26. The number of nitrogens with zero attached hydrogens (tertiary/aromatic N) is 4. The molecular weight excluding hydrogens is 243 g/mol. The van der Waals surface area contributed by atoms with Crippen LogP contribution >= 0.6 is 7.87 Å². The van der Waals surface area contributed by atoms with Crippen LogP contribution in [-0.4, -0.2) is 72.5 Å². The van der Waals surface area contributed by atoms with Gasteiger partial charge in [0, 0.05) is 53.9 Å². The number of hydrogen-bond donors (Lipinski definition) is 0. The standard InChI is InChI=1S/C13H34N4P/c1-9-14(6)18(15(7)10-2,16(8)11-3)17(12-4)13-5/h9-13H2,1-8H3/q+1. The van der Waals surface area contributed by atoms with Crippen molar-refractivity contribution in [2.24, 2.45) is 0 Å². The third-order valence-electron chi connectivity index (χ3n) is 3.86. The quantitative estimate of drug-likeness (QED) is 0.601.